The minimum Gasteiger partial charge on any atom is -0.468 e. The van der Waals surface area contributed by atoms with E-state index >= 15 is 0 Å². The van der Waals surface area contributed by atoms with E-state index < -0.39 is 22.5 Å². The number of esters is 1. The predicted molar refractivity (Wildman–Crippen MR) is 81.6 cm³/mol. The largest absolute Gasteiger partial charge is 0.468 e. The van der Waals surface area contributed by atoms with E-state index in [1.165, 1.54) is 19.2 Å². The molecule has 0 spiro atoms. The maximum Gasteiger partial charge on any atom is 0.416 e. The number of carbonyl (C=O) groups excluding carboxylic acids is 1. The molecule has 3 nitrogen and oxygen atoms in total. The Morgan fingerprint density at radius 2 is 1.74 bits per heavy atom. The lowest BCUT2D eigenvalue weighted by molar-refractivity contribution is -0.140. The molecular weight excluding hydrogens is 377 g/mol. The lowest BCUT2D eigenvalue weighted by Crippen LogP contribution is -2.07. The molecule has 0 saturated carbocycles. The summed E-state index contributed by atoms with van der Waals surface area (Å²) in [5, 5.41) is 0. The fraction of sp³-hybridized carbons (Fsp3) is 0.188. The van der Waals surface area contributed by atoms with Crippen molar-refractivity contribution in [1.29, 1.82) is 0 Å². The zero-order valence-electron chi connectivity index (χ0n) is 11.9. The van der Waals surface area contributed by atoms with Gasteiger partial charge in [-0.15, -0.1) is 0 Å². The Hall–Kier alpha value is -2.02. The van der Waals surface area contributed by atoms with Gasteiger partial charge < -0.3 is 9.47 Å². The second kappa shape index (κ2) is 7.04. The van der Waals surface area contributed by atoms with Crippen LogP contribution >= 0.6 is 15.9 Å². The average Bonchev–Trinajstić information content (AvgIpc) is 2.53. The highest BCUT2D eigenvalue weighted by molar-refractivity contribution is 9.09. The quantitative estimate of drug-likeness (QED) is 0.539. The molecule has 0 aliphatic rings. The molecule has 2 aromatic rings. The number of rotatable bonds is 4. The van der Waals surface area contributed by atoms with Crippen LogP contribution < -0.4 is 4.74 Å². The van der Waals surface area contributed by atoms with Crippen LogP contribution in [0.1, 0.15) is 16.0 Å². The van der Waals surface area contributed by atoms with Gasteiger partial charge in [0.1, 0.15) is 16.3 Å². The molecule has 0 fully saturated rings. The molecule has 0 aliphatic carbocycles. The summed E-state index contributed by atoms with van der Waals surface area (Å²) in [5.41, 5.74) is -0.133. The van der Waals surface area contributed by atoms with Gasteiger partial charge >= 0.3 is 12.1 Å². The van der Waals surface area contributed by atoms with Crippen molar-refractivity contribution in [1.82, 2.24) is 0 Å². The maximum atomic E-state index is 12.7. The number of ether oxygens (including phenoxy) is 2. The van der Waals surface area contributed by atoms with Gasteiger partial charge in [-0.25, -0.2) is 0 Å². The highest BCUT2D eigenvalue weighted by Crippen LogP contribution is 2.33. The molecule has 0 aliphatic heterocycles. The summed E-state index contributed by atoms with van der Waals surface area (Å²) in [6.07, 6.45) is -4.42. The second-order valence-electron chi connectivity index (χ2n) is 4.58. The van der Waals surface area contributed by atoms with Crippen LogP contribution in [0.15, 0.2) is 48.5 Å². The number of hydrogen-bond acceptors (Lipinski definition) is 3. The first-order valence-electron chi connectivity index (χ1n) is 6.48. The molecule has 1 unspecified atom stereocenters. The second-order valence-corrected chi connectivity index (χ2v) is 5.50. The van der Waals surface area contributed by atoms with Gasteiger partial charge in [0.05, 0.1) is 12.7 Å². The van der Waals surface area contributed by atoms with Gasteiger partial charge in [-0.1, -0.05) is 34.1 Å². The molecule has 7 heteroatoms. The first-order valence-corrected chi connectivity index (χ1v) is 7.40. The number of halogens is 4. The Morgan fingerprint density at radius 1 is 1.09 bits per heavy atom. The molecule has 0 N–H and O–H groups in total. The van der Waals surface area contributed by atoms with E-state index in [0.29, 0.717) is 11.3 Å². The first kappa shape index (κ1) is 17.3. The van der Waals surface area contributed by atoms with Crippen LogP contribution in [0, 0.1) is 0 Å². The summed E-state index contributed by atoms with van der Waals surface area (Å²) < 4.78 is 48.0. The third kappa shape index (κ3) is 4.48. The van der Waals surface area contributed by atoms with E-state index in [1.807, 2.05) is 0 Å². The summed E-state index contributed by atoms with van der Waals surface area (Å²) in [7, 11) is 1.28. The van der Waals surface area contributed by atoms with Gasteiger partial charge in [0, 0.05) is 0 Å². The monoisotopic (exact) mass is 388 g/mol. The molecule has 122 valence electrons. The molecule has 0 radical (unpaired) electrons. The maximum absolute atomic E-state index is 12.7. The third-order valence-electron chi connectivity index (χ3n) is 2.98. The van der Waals surface area contributed by atoms with Crippen molar-refractivity contribution in [3.63, 3.8) is 0 Å². The van der Waals surface area contributed by atoms with Crippen LogP contribution in [0.4, 0.5) is 13.2 Å². The zero-order valence-corrected chi connectivity index (χ0v) is 13.5. The Balaban J connectivity index is 2.14. The van der Waals surface area contributed by atoms with Crippen LogP contribution in [-0.4, -0.2) is 13.1 Å². The van der Waals surface area contributed by atoms with Crippen molar-refractivity contribution in [2.75, 3.05) is 7.11 Å². The fourth-order valence-electron chi connectivity index (χ4n) is 1.82. The molecule has 0 saturated heterocycles. The standard InChI is InChI=1S/C16H12BrF3O3/c1-22-15(21)14(17)10-5-7-12(8-6-10)23-13-4-2-3-11(9-13)16(18,19)20/h2-9,14H,1H3. The Kier molecular flexibility index (Phi) is 5.30. The molecule has 0 heterocycles. The van der Waals surface area contributed by atoms with Crippen molar-refractivity contribution in [3.8, 4) is 11.5 Å². The lowest BCUT2D eigenvalue weighted by Gasteiger charge is -2.11. The topological polar surface area (TPSA) is 35.5 Å². The average molecular weight is 389 g/mol. The number of benzene rings is 2. The van der Waals surface area contributed by atoms with E-state index in [1.54, 1.807) is 24.3 Å². The summed E-state index contributed by atoms with van der Waals surface area (Å²) in [6.45, 7) is 0. The summed E-state index contributed by atoms with van der Waals surface area (Å²) >= 11 is 3.19. The molecule has 0 bridgehead atoms. The Bertz CT molecular complexity index is 684. The van der Waals surface area contributed by atoms with E-state index in [0.717, 1.165) is 12.1 Å². The van der Waals surface area contributed by atoms with Crippen LogP contribution in [-0.2, 0) is 15.7 Å². The smallest absolute Gasteiger partial charge is 0.416 e. The predicted octanol–water partition coefficient (Wildman–Crippen LogP) is 5.11. The van der Waals surface area contributed by atoms with E-state index in [-0.39, 0.29) is 5.75 Å². The van der Waals surface area contributed by atoms with Gasteiger partial charge in [-0.2, -0.15) is 13.2 Å². The lowest BCUT2D eigenvalue weighted by atomic mass is 10.1. The number of hydrogen-bond donors (Lipinski definition) is 0. The van der Waals surface area contributed by atoms with Crippen LogP contribution in [0.2, 0.25) is 0 Å². The van der Waals surface area contributed by atoms with Gasteiger partial charge in [-0.3, -0.25) is 4.79 Å². The highest BCUT2D eigenvalue weighted by atomic mass is 79.9. The van der Waals surface area contributed by atoms with E-state index in [2.05, 4.69) is 20.7 Å². The van der Waals surface area contributed by atoms with Gasteiger partial charge in [0.25, 0.3) is 0 Å². The Morgan fingerprint density at radius 3 is 2.30 bits per heavy atom. The summed E-state index contributed by atoms with van der Waals surface area (Å²) in [6, 6.07) is 11.0. The SMILES string of the molecule is COC(=O)C(Br)c1ccc(Oc2cccc(C(F)(F)F)c2)cc1. The zero-order chi connectivity index (χ0) is 17.0. The number of carbonyl (C=O) groups is 1. The van der Waals surface area contributed by atoms with Crippen LogP contribution in [0.3, 0.4) is 0 Å². The molecule has 23 heavy (non-hydrogen) atoms. The first-order chi connectivity index (χ1) is 10.8. The van der Waals surface area contributed by atoms with Crippen LogP contribution in [0.25, 0.3) is 0 Å². The van der Waals surface area contributed by atoms with Crippen molar-refractivity contribution in [2.24, 2.45) is 0 Å². The van der Waals surface area contributed by atoms with Gasteiger partial charge in [-0.05, 0) is 35.9 Å². The summed E-state index contributed by atoms with van der Waals surface area (Å²) in [4.78, 5) is 10.8. The number of alkyl halides is 4. The molecule has 0 aromatic heterocycles. The van der Waals surface area contributed by atoms with E-state index in [9.17, 15) is 18.0 Å². The van der Waals surface area contributed by atoms with Crippen molar-refractivity contribution < 1.29 is 27.4 Å². The van der Waals surface area contributed by atoms with E-state index in [4.69, 9.17) is 4.74 Å². The van der Waals surface area contributed by atoms with Crippen molar-refractivity contribution in [3.05, 3.63) is 59.7 Å². The molecule has 2 aromatic carbocycles. The minimum atomic E-state index is -4.42. The Labute approximate surface area is 139 Å². The summed E-state index contributed by atoms with van der Waals surface area (Å²) in [5.74, 6) is -0.00915. The number of methoxy groups -OCH3 is 1. The molecule has 1 atom stereocenters. The van der Waals surface area contributed by atoms with Crippen molar-refractivity contribution in [2.45, 2.75) is 11.0 Å². The molecular formula is C16H12BrF3O3. The normalized spacial score (nSPS) is 12.6. The molecule has 0 amide bonds. The van der Waals surface area contributed by atoms with Gasteiger partial charge in [0.15, 0.2) is 0 Å². The van der Waals surface area contributed by atoms with Crippen molar-refractivity contribution >= 4 is 21.9 Å². The van der Waals surface area contributed by atoms with Gasteiger partial charge in [0.2, 0.25) is 0 Å². The fourth-order valence-corrected chi connectivity index (χ4v) is 2.31. The highest BCUT2D eigenvalue weighted by Gasteiger charge is 2.30. The molecule has 2 rings (SSSR count). The van der Waals surface area contributed by atoms with Crippen LogP contribution in [0.5, 0.6) is 11.5 Å². The minimum absolute atomic E-state index is 0.0796. The third-order valence-corrected chi connectivity index (χ3v) is 3.88.